The number of carbonyl (C=O) groups is 1. The maximum atomic E-state index is 13.2. The number of Topliss-reactive ketones (excluding diaryl/α,β-unsaturated/α-hetero) is 1. The fourth-order valence-electron chi connectivity index (χ4n) is 4.95. The lowest BCUT2D eigenvalue weighted by Gasteiger charge is -2.39. The predicted molar refractivity (Wildman–Crippen MR) is 120 cm³/mol. The zero-order chi connectivity index (χ0) is 19.5. The van der Waals surface area contributed by atoms with Crippen LogP contribution in [0.5, 0.6) is 0 Å². The highest BCUT2D eigenvalue weighted by Gasteiger charge is 2.41. The van der Waals surface area contributed by atoms with Crippen molar-refractivity contribution in [3.05, 3.63) is 55.8 Å². The molecule has 2 aliphatic heterocycles. The Kier molecular flexibility index (Phi) is 4.44. The summed E-state index contributed by atoms with van der Waals surface area (Å²) in [5, 5.41) is 3.68. The van der Waals surface area contributed by atoms with Gasteiger partial charge >= 0.3 is 0 Å². The Labute approximate surface area is 179 Å². The SMILES string of the molecule is CC1(C)CC(=O)C2=C(C1)Nc1cc(N3CCCC3)ccc1[C@@H]2c1ccc(Br)s1. The van der Waals surface area contributed by atoms with E-state index in [1.165, 1.54) is 34.7 Å². The number of carbonyl (C=O) groups excluding carboxylic acids is 1. The number of thiophene rings is 1. The van der Waals surface area contributed by atoms with E-state index in [1.54, 1.807) is 11.3 Å². The first kappa shape index (κ1) is 18.4. The molecule has 0 bridgehead atoms. The van der Waals surface area contributed by atoms with Gasteiger partial charge in [-0.2, -0.15) is 0 Å². The van der Waals surface area contributed by atoms with Gasteiger partial charge in [-0.25, -0.2) is 0 Å². The lowest BCUT2D eigenvalue weighted by Crippen LogP contribution is -2.33. The van der Waals surface area contributed by atoms with Crippen molar-refractivity contribution in [2.45, 2.75) is 45.4 Å². The fourth-order valence-corrected chi connectivity index (χ4v) is 6.51. The number of allylic oxidation sites excluding steroid dienone is 2. The number of benzene rings is 1. The number of nitrogens with zero attached hydrogens (tertiary/aromatic N) is 1. The number of nitrogens with one attached hydrogen (secondary N) is 1. The minimum absolute atomic E-state index is 0.00751. The smallest absolute Gasteiger partial charge is 0.162 e. The van der Waals surface area contributed by atoms with E-state index in [9.17, 15) is 4.79 Å². The Hall–Kier alpha value is -1.59. The first-order chi connectivity index (χ1) is 13.4. The predicted octanol–water partition coefficient (Wildman–Crippen LogP) is 6.31. The van der Waals surface area contributed by atoms with Gasteiger partial charge in [0.1, 0.15) is 0 Å². The van der Waals surface area contributed by atoms with Crippen LogP contribution in [-0.4, -0.2) is 18.9 Å². The third kappa shape index (κ3) is 3.13. The number of ketones is 1. The van der Waals surface area contributed by atoms with Crippen LogP contribution in [0.2, 0.25) is 0 Å². The number of fused-ring (bicyclic) bond motifs is 1. The van der Waals surface area contributed by atoms with Gasteiger partial charge in [0.2, 0.25) is 0 Å². The molecule has 3 heterocycles. The minimum Gasteiger partial charge on any atom is -0.371 e. The van der Waals surface area contributed by atoms with E-state index in [2.05, 4.69) is 70.3 Å². The molecule has 2 aromatic rings. The summed E-state index contributed by atoms with van der Waals surface area (Å²) >= 11 is 5.35. The zero-order valence-electron chi connectivity index (χ0n) is 16.3. The molecule has 0 amide bonds. The van der Waals surface area contributed by atoms with Gasteiger partial charge in [0.15, 0.2) is 5.78 Å². The minimum atomic E-state index is 0.00751. The maximum Gasteiger partial charge on any atom is 0.162 e. The molecule has 0 unspecified atom stereocenters. The van der Waals surface area contributed by atoms with Gasteiger partial charge in [0.25, 0.3) is 0 Å². The Morgan fingerprint density at radius 3 is 2.64 bits per heavy atom. The molecule has 0 radical (unpaired) electrons. The molecule has 1 N–H and O–H groups in total. The van der Waals surface area contributed by atoms with Crippen LogP contribution in [0.15, 0.2) is 45.4 Å². The van der Waals surface area contributed by atoms with Gasteiger partial charge in [0, 0.05) is 47.0 Å². The number of halogens is 1. The topological polar surface area (TPSA) is 32.3 Å². The quantitative estimate of drug-likeness (QED) is 0.574. The van der Waals surface area contributed by atoms with Crippen LogP contribution >= 0.6 is 27.3 Å². The van der Waals surface area contributed by atoms with E-state index in [0.29, 0.717) is 12.2 Å². The lowest BCUT2D eigenvalue weighted by atomic mass is 9.70. The number of anilines is 2. The molecule has 5 rings (SSSR count). The zero-order valence-corrected chi connectivity index (χ0v) is 18.8. The summed E-state index contributed by atoms with van der Waals surface area (Å²) in [6.07, 6.45) is 4.09. The Bertz CT molecular complexity index is 984. The van der Waals surface area contributed by atoms with Gasteiger partial charge in [0.05, 0.1) is 9.70 Å². The second-order valence-electron chi connectivity index (χ2n) is 9.00. The van der Waals surface area contributed by atoms with Crippen LogP contribution in [0, 0.1) is 5.41 Å². The van der Waals surface area contributed by atoms with Crippen molar-refractivity contribution in [3.63, 3.8) is 0 Å². The maximum absolute atomic E-state index is 13.2. The average Bonchev–Trinajstić information content (AvgIpc) is 3.30. The first-order valence-corrected chi connectivity index (χ1v) is 11.7. The van der Waals surface area contributed by atoms with Crippen LogP contribution in [0.3, 0.4) is 0 Å². The Balaban J connectivity index is 1.64. The molecule has 1 fully saturated rings. The molecule has 0 spiro atoms. The molecule has 1 aliphatic carbocycles. The van der Waals surface area contributed by atoms with E-state index < -0.39 is 0 Å². The van der Waals surface area contributed by atoms with Crippen molar-refractivity contribution in [1.82, 2.24) is 0 Å². The van der Waals surface area contributed by atoms with E-state index in [0.717, 1.165) is 34.6 Å². The molecule has 1 atom stereocenters. The monoisotopic (exact) mass is 456 g/mol. The summed E-state index contributed by atoms with van der Waals surface area (Å²) in [5.41, 5.74) is 5.80. The number of hydrogen-bond donors (Lipinski definition) is 1. The summed E-state index contributed by atoms with van der Waals surface area (Å²) in [5.74, 6) is 0.335. The van der Waals surface area contributed by atoms with Crippen LogP contribution < -0.4 is 10.2 Å². The van der Waals surface area contributed by atoms with Gasteiger partial charge in [-0.1, -0.05) is 19.9 Å². The second-order valence-corrected chi connectivity index (χ2v) is 11.5. The van der Waals surface area contributed by atoms with E-state index >= 15 is 0 Å². The Morgan fingerprint density at radius 2 is 1.93 bits per heavy atom. The third-order valence-corrected chi connectivity index (χ3v) is 7.88. The molecule has 3 nitrogen and oxygen atoms in total. The molecular weight excluding hydrogens is 432 g/mol. The molecule has 3 aliphatic rings. The fraction of sp³-hybridized carbons (Fsp3) is 0.435. The van der Waals surface area contributed by atoms with E-state index in [1.807, 2.05) is 0 Å². The molecule has 1 aromatic heterocycles. The van der Waals surface area contributed by atoms with Crippen LogP contribution in [0.25, 0.3) is 0 Å². The molecule has 5 heteroatoms. The van der Waals surface area contributed by atoms with Crippen LogP contribution in [0.1, 0.15) is 55.9 Å². The number of rotatable bonds is 2. The Morgan fingerprint density at radius 1 is 1.14 bits per heavy atom. The van der Waals surface area contributed by atoms with Crippen molar-refractivity contribution in [2.75, 3.05) is 23.3 Å². The molecule has 28 heavy (non-hydrogen) atoms. The summed E-state index contributed by atoms with van der Waals surface area (Å²) in [6, 6.07) is 11.0. The highest BCUT2D eigenvalue weighted by atomic mass is 79.9. The summed E-state index contributed by atoms with van der Waals surface area (Å²) in [4.78, 5) is 16.9. The van der Waals surface area contributed by atoms with Gasteiger partial charge in [-0.15, -0.1) is 11.3 Å². The van der Waals surface area contributed by atoms with Crippen molar-refractivity contribution >= 4 is 44.4 Å². The van der Waals surface area contributed by atoms with Gasteiger partial charge < -0.3 is 10.2 Å². The number of hydrogen-bond acceptors (Lipinski definition) is 4. The highest BCUT2D eigenvalue weighted by Crippen LogP contribution is 2.51. The average molecular weight is 457 g/mol. The lowest BCUT2D eigenvalue weighted by molar-refractivity contribution is -0.118. The molecule has 1 saturated heterocycles. The van der Waals surface area contributed by atoms with Crippen molar-refractivity contribution in [2.24, 2.45) is 5.41 Å². The molecule has 1 aromatic carbocycles. The summed E-state index contributed by atoms with van der Waals surface area (Å²) in [6.45, 7) is 6.67. The van der Waals surface area contributed by atoms with Crippen molar-refractivity contribution in [1.29, 1.82) is 0 Å². The van der Waals surface area contributed by atoms with Gasteiger partial charge in [-0.05, 0) is 70.4 Å². The first-order valence-electron chi connectivity index (χ1n) is 10.1. The third-order valence-electron chi connectivity index (χ3n) is 6.19. The van der Waals surface area contributed by atoms with Crippen molar-refractivity contribution < 1.29 is 4.79 Å². The van der Waals surface area contributed by atoms with E-state index in [4.69, 9.17) is 0 Å². The molecule has 146 valence electrons. The van der Waals surface area contributed by atoms with Crippen molar-refractivity contribution in [3.8, 4) is 0 Å². The summed E-state index contributed by atoms with van der Waals surface area (Å²) < 4.78 is 1.11. The van der Waals surface area contributed by atoms with E-state index in [-0.39, 0.29) is 11.3 Å². The molecular formula is C23H25BrN2OS. The second kappa shape index (κ2) is 6.74. The van der Waals surface area contributed by atoms with Crippen LogP contribution in [0.4, 0.5) is 11.4 Å². The normalized spacial score (nSPS) is 23.5. The molecule has 0 saturated carbocycles. The summed E-state index contributed by atoms with van der Waals surface area (Å²) in [7, 11) is 0. The standard InChI is InChI=1S/C23H25BrN2OS/c1-23(2)12-17-22(18(27)13-23)21(19-7-8-20(24)28-19)15-6-5-14(11-16(15)25-17)26-9-3-4-10-26/h5-8,11,21,25H,3-4,9-10,12-13H2,1-2H3/t21-/m1/s1. The largest absolute Gasteiger partial charge is 0.371 e. The highest BCUT2D eigenvalue weighted by molar-refractivity contribution is 9.11. The van der Waals surface area contributed by atoms with Crippen LogP contribution in [-0.2, 0) is 4.79 Å². The van der Waals surface area contributed by atoms with Gasteiger partial charge in [-0.3, -0.25) is 4.79 Å².